The lowest BCUT2D eigenvalue weighted by atomic mass is 10.1. The van der Waals surface area contributed by atoms with E-state index >= 15 is 0 Å². The van der Waals surface area contributed by atoms with Gasteiger partial charge < -0.3 is 10.3 Å². The minimum atomic E-state index is -0.0793. The van der Waals surface area contributed by atoms with Crippen molar-refractivity contribution in [1.29, 1.82) is 0 Å². The highest BCUT2D eigenvalue weighted by atomic mass is 79.9. The number of anilines is 1. The van der Waals surface area contributed by atoms with E-state index in [4.69, 9.17) is 11.6 Å². The van der Waals surface area contributed by atoms with Crippen molar-refractivity contribution in [2.45, 2.75) is 6.54 Å². The largest absolute Gasteiger partial charge is 0.381 e. The number of aromatic nitrogens is 1. The third-order valence-corrected chi connectivity index (χ3v) is 4.47. The zero-order valence-corrected chi connectivity index (χ0v) is 13.3. The Morgan fingerprint density at radius 3 is 2.76 bits per heavy atom. The average molecular weight is 364 g/mol. The van der Waals surface area contributed by atoms with Crippen molar-refractivity contribution in [3.63, 3.8) is 0 Å². The molecule has 3 aromatic rings. The van der Waals surface area contributed by atoms with Crippen molar-refractivity contribution in [2.75, 3.05) is 5.32 Å². The number of H-pyrrole nitrogens is 1. The van der Waals surface area contributed by atoms with Crippen molar-refractivity contribution in [2.24, 2.45) is 0 Å². The fourth-order valence-electron chi connectivity index (χ4n) is 2.13. The molecule has 0 bridgehead atoms. The molecule has 0 aliphatic carbocycles. The molecule has 3 nitrogen and oxygen atoms in total. The van der Waals surface area contributed by atoms with Crippen LogP contribution in [-0.2, 0) is 6.54 Å². The third-order valence-electron chi connectivity index (χ3n) is 3.23. The lowest BCUT2D eigenvalue weighted by Crippen LogP contribution is -2.15. The number of rotatable bonds is 3. The van der Waals surface area contributed by atoms with Crippen molar-refractivity contribution < 1.29 is 0 Å². The standard InChI is InChI=1S/C16H12BrClN2O/c17-13-6-5-12(8-14(13)18)19-9-11-7-10-3-1-2-4-15(10)20-16(11)21/h1-8,19H,9H2,(H,20,21). The van der Waals surface area contributed by atoms with E-state index in [1.54, 1.807) is 0 Å². The van der Waals surface area contributed by atoms with Gasteiger partial charge in [0.25, 0.3) is 5.56 Å². The smallest absolute Gasteiger partial charge is 0.253 e. The molecule has 0 aliphatic rings. The molecule has 0 amide bonds. The monoisotopic (exact) mass is 362 g/mol. The van der Waals surface area contributed by atoms with Crippen LogP contribution >= 0.6 is 27.5 Å². The summed E-state index contributed by atoms with van der Waals surface area (Å²) in [6.45, 7) is 0.443. The number of para-hydroxylation sites is 1. The van der Waals surface area contributed by atoms with E-state index in [1.165, 1.54) is 0 Å². The Morgan fingerprint density at radius 1 is 1.14 bits per heavy atom. The summed E-state index contributed by atoms with van der Waals surface area (Å²) in [7, 11) is 0. The Labute approximate surface area is 135 Å². The number of nitrogens with one attached hydrogen (secondary N) is 2. The van der Waals surface area contributed by atoms with Crippen LogP contribution in [0.5, 0.6) is 0 Å². The van der Waals surface area contributed by atoms with Gasteiger partial charge in [-0.1, -0.05) is 29.8 Å². The molecule has 5 heteroatoms. The quantitative estimate of drug-likeness (QED) is 0.716. The summed E-state index contributed by atoms with van der Waals surface area (Å²) in [6, 6.07) is 15.2. The predicted molar refractivity (Wildman–Crippen MR) is 91.0 cm³/mol. The molecule has 1 heterocycles. The van der Waals surface area contributed by atoms with Crippen LogP contribution in [0.3, 0.4) is 0 Å². The molecule has 2 N–H and O–H groups in total. The van der Waals surface area contributed by atoms with Crippen LogP contribution in [0.4, 0.5) is 5.69 Å². The first-order chi connectivity index (χ1) is 10.1. The Bertz CT molecular complexity index is 860. The number of aromatic amines is 1. The van der Waals surface area contributed by atoms with Gasteiger partial charge in [-0.3, -0.25) is 4.79 Å². The minimum Gasteiger partial charge on any atom is -0.381 e. The van der Waals surface area contributed by atoms with Gasteiger partial charge in [0.1, 0.15) is 0 Å². The third kappa shape index (κ3) is 3.12. The second-order valence-electron chi connectivity index (χ2n) is 4.69. The van der Waals surface area contributed by atoms with E-state index in [1.807, 2.05) is 48.5 Å². The second-order valence-corrected chi connectivity index (χ2v) is 5.95. The molecular weight excluding hydrogens is 352 g/mol. The Morgan fingerprint density at radius 2 is 1.95 bits per heavy atom. The summed E-state index contributed by atoms with van der Waals surface area (Å²) in [5, 5.41) is 4.86. The van der Waals surface area contributed by atoms with Gasteiger partial charge in [0, 0.05) is 27.8 Å². The molecule has 3 rings (SSSR count). The number of hydrogen-bond acceptors (Lipinski definition) is 2. The molecule has 21 heavy (non-hydrogen) atoms. The van der Waals surface area contributed by atoms with Crippen LogP contribution in [0.1, 0.15) is 5.56 Å². The maximum absolute atomic E-state index is 12.0. The van der Waals surface area contributed by atoms with Gasteiger partial charge in [0.2, 0.25) is 0 Å². The molecule has 106 valence electrons. The first-order valence-electron chi connectivity index (χ1n) is 6.43. The summed E-state index contributed by atoms with van der Waals surface area (Å²) in [5.41, 5.74) is 2.32. The molecule has 0 radical (unpaired) electrons. The fourth-order valence-corrected chi connectivity index (χ4v) is 2.55. The van der Waals surface area contributed by atoms with Gasteiger partial charge in [-0.2, -0.15) is 0 Å². The van der Waals surface area contributed by atoms with E-state index in [-0.39, 0.29) is 5.56 Å². The number of halogens is 2. The number of pyridine rings is 1. The summed E-state index contributed by atoms with van der Waals surface area (Å²) in [5.74, 6) is 0. The topological polar surface area (TPSA) is 44.9 Å². The van der Waals surface area contributed by atoms with Gasteiger partial charge in [-0.05, 0) is 51.6 Å². The van der Waals surface area contributed by atoms with Crippen LogP contribution in [0.2, 0.25) is 5.02 Å². The van der Waals surface area contributed by atoms with Crippen LogP contribution in [-0.4, -0.2) is 4.98 Å². The number of benzene rings is 2. The summed E-state index contributed by atoms with van der Waals surface area (Å²) in [6.07, 6.45) is 0. The highest BCUT2D eigenvalue weighted by molar-refractivity contribution is 9.10. The first-order valence-corrected chi connectivity index (χ1v) is 7.60. The highest BCUT2D eigenvalue weighted by Crippen LogP contribution is 2.25. The summed E-state index contributed by atoms with van der Waals surface area (Å²) in [4.78, 5) is 14.9. The molecule has 0 atom stereocenters. The van der Waals surface area contributed by atoms with Gasteiger partial charge in [-0.15, -0.1) is 0 Å². The van der Waals surface area contributed by atoms with Crippen LogP contribution in [0, 0.1) is 0 Å². The summed E-state index contributed by atoms with van der Waals surface area (Å²) < 4.78 is 0.846. The molecule has 1 aromatic heterocycles. The maximum Gasteiger partial charge on any atom is 0.253 e. The molecule has 0 saturated heterocycles. The molecule has 0 saturated carbocycles. The van der Waals surface area contributed by atoms with Crippen molar-refractivity contribution in [1.82, 2.24) is 4.98 Å². The summed E-state index contributed by atoms with van der Waals surface area (Å²) >= 11 is 9.40. The molecular formula is C16H12BrClN2O. The van der Waals surface area contributed by atoms with E-state index in [9.17, 15) is 4.79 Å². The minimum absolute atomic E-state index is 0.0793. The maximum atomic E-state index is 12.0. The van der Waals surface area contributed by atoms with Gasteiger partial charge in [0.15, 0.2) is 0 Å². The lowest BCUT2D eigenvalue weighted by Gasteiger charge is -2.08. The SMILES string of the molecule is O=c1[nH]c2ccccc2cc1CNc1ccc(Br)c(Cl)c1. The van der Waals surface area contributed by atoms with E-state index in [0.717, 1.165) is 21.1 Å². The lowest BCUT2D eigenvalue weighted by molar-refractivity contribution is 1.09. The van der Waals surface area contributed by atoms with Crippen molar-refractivity contribution >= 4 is 44.1 Å². The van der Waals surface area contributed by atoms with Gasteiger partial charge in [-0.25, -0.2) is 0 Å². The molecule has 0 spiro atoms. The first kappa shape index (κ1) is 14.2. The number of hydrogen-bond donors (Lipinski definition) is 2. The molecule has 2 aromatic carbocycles. The Kier molecular flexibility index (Phi) is 3.99. The fraction of sp³-hybridized carbons (Fsp3) is 0.0625. The van der Waals surface area contributed by atoms with Crippen molar-refractivity contribution in [3.05, 3.63) is 73.9 Å². The van der Waals surface area contributed by atoms with Crippen LogP contribution < -0.4 is 10.9 Å². The molecule has 0 aliphatic heterocycles. The highest BCUT2D eigenvalue weighted by Gasteiger charge is 2.04. The van der Waals surface area contributed by atoms with Crippen LogP contribution in [0.25, 0.3) is 10.9 Å². The Balaban J connectivity index is 1.86. The van der Waals surface area contributed by atoms with E-state index in [0.29, 0.717) is 17.1 Å². The zero-order chi connectivity index (χ0) is 14.8. The van der Waals surface area contributed by atoms with Crippen molar-refractivity contribution in [3.8, 4) is 0 Å². The average Bonchev–Trinajstić information content (AvgIpc) is 2.48. The molecule has 0 unspecified atom stereocenters. The second kappa shape index (κ2) is 5.92. The zero-order valence-electron chi connectivity index (χ0n) is 11.0. The normalized spacial score (nSPS) is 10.8. The van der Waals surface area contributed by atoms with Gasteiger partial charge in [0.05, 0.1) is 5.02 Å². The Hall–Kier alpha value is -1.78. The van der Waals surface area contributed by atoms with Gasteiger partial charge >= 0.3 is 0 Å². The van der Waals surface area contributed by atoms with E-state index < -0.39 is 0 Å². The predicted octanol–water partition coefficient (Wildman–Crippen LogP) is 4.56. The number of fused-ring (bicyclic) bond motifs is 1. The van der Waals surface area contributed by atoms with E-state index in [2.05, 4.69) is 26.2 Å². The van der Waals surface area contributed by atoms with Crippen LogP contribution in [0.15, 0.2) is 57.8 Å². The molecule has 0 fully saturated rings.